The average Bonchev–Trinajstić information content (AvgIpc) is 3.08. The van der Waals surface area contributed by atoms with E-state index in [-0.39, 0.29) is 24.3 Å². The summed E-state index contributed by atoms with van der Waals surface area (Å²) in [7, 11) is 1.67. The minimum absolute atomic E-state index is 0.0646. The van der Waals surface area contributed by atoms with Gasteiger partial charge >= 0.3 is 0 Å². The second-order valence-electron chi connectivity index (χ2n) is 5.04. The number of rotatable bonds is 4. The number of nitrogens with zero attached hydrogens (tertiary/aromatic N) is 1. The summed E-state index contributed by atoms with van der Waals surface area (Å²) >= 11 is 3.37. The van der Waals surface area contributed by atoms with Crippen LogP contribution >= 0.6 is 15.9 Å². The van der Waals surface area contributed by atoms with Crippen LogP contribution in [0.15, 0.2) is 28.7 Å². The van der Waals surface area contributed by atoms with Crippen molar-refractivity contribution in [3.63, 3.8) is 0 Å². The number of benzene rings is 1. The molecule has 0 aliphatic heterocycles. The lowest BCUT2D eigenvalue weighted by Gasteiger charge is -2.17. The van der Waals surface area contributed by atoms with E-state index in [1.165, 1.54) is 4.90 Å². The molecule has 1 N–H and O–H groups in total. The number of hydrogen-bond donors (Lipinski definition) is 1. The number of carbonyl (C=O) groups excluding carboxylic acids is 2. The normalized spacial score (nSPS) is 20.8. The Hall–Kier alpha value is -1.36. The summed E-state index contributed by atoms with van der Waals surface area (Å²) in [6.45, 7) is 2.14. The van der Waals surface area contributed by atoms with E-state index in [9.17, 15) is 9.59 Å². The quantitative estimate of drug-likeness (QED) is 0.925. The Kier molecular flexibility index (Phi) is 4.24. The van der Waals surface area contributed by atoms with Gasteiger partial charge in [0.25, 0.3) is 0 Å². The second kappa shape index (κ2) is 5.74. The Balaban J connectivity index is 1.87. The number of likely N-dealkylation sites (N-methyl/N-ethyl adjacent to an activating group) is 1. The Morgan fingerprint density at radius 3 is 2.63 bits per heavy atom. The lowest BCUT2D eigenvalue weighted by molar-refractivity contribution is -0.134. The maximum absolute atomic E-state index is 11.9. The van der Waals surface area contributed by atoms with Crippen LogP contribution in [0.5, 0.6) is 0 Å². The van der Waals surface area contributed by atoms with Gasteiger partial charge < -0.3 is 10.2 Å². The van der Waals surface area contributed by atoms with Crippen LogP contribution in [0.2, 0.25) is 0 Å². The van der Waals surface area contributed by atoms with Gasteiger partial charge in [-0.3, -0.25) is 9.59 Å². The minimum Gasteiger partial charge on any atom is -0.336 e. The van der Waals surface area contributed by atoms with Crippen LogP contribution in [0.1, 0.15) is 13.3 Å². The van der Waals surface area contributed by atoms with Gasteiger partial charge in [0.05, 0.1) is 12.2 Å². The zero-order valence-electron chi connectivity index (χ0n) is 11.0. The van der Waals surface area contributed by atoms with E-state index < -0.39 is 0 Å². The number of para-hydroxylation sites is 1. The maximum atomic E-state index is 11.9. The highest BCUT2D eigenvalue weighted by Gasteiger charge is 2.40. The molecule has 2 atom stereocenters. The number of hydrogen-bond acceptors (Lipinski definition) is 2. The molecule has 1 saturated carbocycles. The number of amides is 2. The molecule has 0 radical (unpaired) electrons. The van der Waals surface area contributed by atoms with E-state index in [0.29, 0.717) is 11.6 Å². The summed E-state index contributed by atoms with van der Waals surface area (Å²) < 4.78 is 0.827. The molecule has 1 aromatic carbocycles. The molecule has 0 heterocycles. The standard InChI is InChI=1S/C14H17BrN2O2/c1-9-7-10(9)14(19)17(2)8-13(18)16-12-6-4-3-5-11(12)15/h3-6,9-10H,7-8H2,1-2H3,(H,16,18)/t9-,10+/m1/s1. The molecule has 5 heteroatoms. The van der Waals surface area contributed by atoms with E-state index >= 15 is 0 Å². The molecule has 19 heavy (non-hydrogen) atoms. The van der Waals surface area contributed by atoms with Crippen molar-refractivity contribution in [3.8, 4) is 0 Å². The van der Waals surface area contributed by atoms with Crippen molar-refractivity contribution in [2.45, 2.75) is 13.3 Å². The third kappa shape index (κ3) is 3.56. The Labute approximate surface area is 121 Å². The number of carbonyl (C=O) groups is 2. The molecule has 1 fully saturated rings. The van der Waals surface area contributed by atoms with Gasteiger partial charge in [0, 0.05) is 17.4 Å². The van der Waals surface area contributed by atoms with E-state index in [1.807, 2.05) is 24.3 Å². The monoisotopic (exact) mass is 324 g/mol. The first kappa shape index (κ1) is 14.1. The molecule has 0 bridgehead atoms. The molecule has 1 aromatic rings. The Bertz CT molecular complexity index is 504. The Morgan fingerprint density at radius 1 is 1.42 bits per heavy atom. The van der Waals surface area contributed by atoms with Crippen LogP contribution in [0.4, 0.5) is 5.69 Å². The summed E-state index contributed by atoms with van der Waals surface area (Å²) in [6.07, 6.45) is 0.940. The van der Waals surface area contributed by atoms with Gasteiger partial charge in [0.15, 0.2) is 0 Å². The van der Waals surface area contributed by atoms with Crippen LogP contribution < -0.4 is 5.32 Å². The highest BCUT2D eigenvalue weighted by molar-refractivity contribution is 9.10. The Morgan fingerprint density at radius 2 is 2.05 bits per heavy atom. The van der Waals surface area contributed by atoms with Gasteiger partial charge in [-0.05, 0) is 40.4 Å². The molecule has 0 unspecified atom stereocenters. The van der Waals surface area contributed by atoms with E-state index in [4.69, 9.17) is 0 Å². The minimum atomic E-state index is -0.184. The molecule has 1 aliphatic carbocycles. The summed E-state index contributed by atoms with van der Waals surface area (Å²) in [5, 5.41) is 2.79. The van der Waals surface area contributed by atoms with Crippen molar-refractivity contribution in [3.05, 3.63) is 28.7 Å². The fraction of sp³-hybridized carbons (Fsp3) is 0.429. The first-order chi connectivity index (χ1) is 8.99. The second-order valence-corrected chi connectivity index (χ2v) is 5.90. The van der Waals surface area contributed by atoms with Gasteiger partial charge in [-0.2, -0.15) is 0 Å². The number of nitrogens with one attached hydrogen (secondary N) is 1. The van der Waals surface area contributed by atoms with E-state index in [0.717, 1.165) is 10.9 Å². The summed E-state index contributed by atoms with van der Waals surface area (Å²) in [4.78, 5) is 25.3. The van der Waals surface area contributed by atoms with Crippen LogP contribution in [-0.2, 0) is 9.59 Å². The summed E-state index contributed by atoms with van der Waals surface area (Å²) in [5.74, 6) is 0.452. The molecular weight excluding hydrogens is 308 g/mol. The highest BCUT2D eigenvalue weighted by atomic mass is 79.9. The lowest BCUT2D eigenvalue weighted by Crippen LogP contribution is -2.36. The van der Waals surface area contributed by atoms with Gasteiger partial charge in [0.1, 0.15) is 0 Å². The van der Waals surface area contributed by atoms with Gasteiger partial charge in [-0.15, -0.1) is 0 Å². The van der Waals surface area contributed by atoms with Gasteiger partial charge in [-0.25, -0.2) is 0 Å². The van der Waals surface area contributed by atoms with Crippen molar-refractivity contribution in [2.75, 3.05) is 18.9 Å². The molecular formula is C14H17BrN2O2. The van der Waals surface area contributed by atoms with Crippen LogP contribution in [0, 0.1) is 11.8 Å². The first-order valence-corrected chi connectivity index (χ1v) is 7.07. The molecule has 0 saturated heterocycles. The van der Waals surface area contributed by atoms with Gasteiger partial charge in [0.2, 0.25) is 11.8 Å². The lowest BCUT2D eigenvalue weighted by atomic mass is 10.3. The third-order valence-electron chi connectivity index (χ3n) is 3.33. The molecule has 102 valence electrons. The zero-order chi connectivity index (χ0) is 14.0. The summed E-state index contributed by atoms with van der Waals surface area (Å²) in [6, 6.07) is 7.40. The van der Waals surface area contributed by atoms with Gasteiger partial charge in [-0.1, -0.05) is 19.1 Å². The third-order valence-corrected chi connectivity index (χ3v) is 4.02. The van der Waals surface area contributed by atoms with Crippen LogP contribution in [-0.4, -0.2) is 30.3 Å². The fourth-order valence-electron chi connectivity index (χ4n) is 1.99. The largest absolute Gasteiger partial charge is 0.336 e. The van der Waals surface area contributed by atoms with Crippen LogP contribution in [0.3, 0.4) is 0 Å². The summed E-state index contributed by atoms with van der Waals surface area (Å²) in [5.41, 5.74) is 0.716. The fourth-order valence-corrected chi connectivity index (χ4v) is 2.38. The van der Waals surface area contributed by atoms with E-state index in [1.54, 1.807) is 7.05 Å². The van der Waals surface area contributed by atoms with Crippen molar-refractivity contribution in [1.29, 1.82) is 0 Å². The number of halogens is 1. The predicted octanol–water partition coefficient (Wildman–Crippen LogP) is 2.50. The van der Waals surface area contributed by atoms with Crippen molar-refractivity contribution >= 4 is 33.4 Å². The van der Waals surface area contributed by atoms with E-state index in [2.05, 4.69) is 28.2 Å². The van der Waals surface area contributed by atoms with Crippen LogP contribution in [0.25, 0.3) is 0 Å². The SMILES string of the molecule is C[C@@H]1C[C@@H]1C(=O)N(C)CC(=O)Nc1ccccc1Br. The predicted molar refractivity (Wildman–Crippen MR) is 77.7 cm³/mol. The van der Waals surface area contributed by atoms with Crippen molar-refractivity contribution in [2.24, 2.45) is 11.8 Å². The molecule has 2 amide bonds. The molecule has 0 spiro atoms. The molecule has 1 aliphatic rings. The molecule has 2 rings (SSSR count). The van der Waals surface area contributed by atoms with Crippen molar-refractivity contribution in [1.82, 2.24) is 4.90 Å². The first-order valence-electron chi connectivity index (χ1n) is 6.28. The zero-order valence-corrected chi connectivity index (χ0v) is 12.6. The molecule has 4 nitrogen and oxygen atoms in total. The van der Waals surface area contributed by atoms with Crippen molar-refractivity contribution < 1.29 is 9.59 Å². The number of anilines is 1. The average molecular weight is 325 g/mol. The molecule has 0 aromatic heterocycles. The maximum Gasteiger partial charge on any atom is 0.244 e. The topological polar surface area (TPSA) is 49.4 Å². The highest BCUT2D eigenvalue weighted by Crippen LogP contribution is 2.38. The smallest absolute Gasteiger partial charge is 0.244 e.